The lowest BCUT2D eigenvalue weighted by molar-refractivity contribution is -0.125. The normalized spacial score (nSPS) is 18.6. The van der Waals surface area contributed by atoms with Crippen LogP contribution in [0.25, 0.3) is 10.8 Å². The zero-order valence-corrected chi connectivity index (χ0v) is 17.6. The fraction of sp³-hybridized carbons (Fsp3) is 0.500. The Morgan fingerprint density at radius 2 is 2.03 bits per heavy atom. The van der Waals surface area contributed by atoms with Crippen molar-refractivity contribution in [1.29, 1.82) is 0 Å². The molecule has 8 nitrogen and oxygen atoms in total. The average Bonchev–Trinajstić information content (AvgIpc) is 2.72. The summed E-state index contributed by atoms with van der Waals surface area (Å²) in [6.45, 7) is 7.71. The summed E-state index contributed by atoms with van der Waals surface area (Å²) in [5, 5.41) is 4.76. The maximum absolute atomic E-state index is 11.9. The standard InChI is InChI=1S/C22H29N5O3/c1-14(2)30-19-12-17-15(11-18(19)21(23)29)3-6-25-22(17)26-8-4-16(5-9-26)27-10-7-24-20(28)13-27/h3,6,11-12,14,16H,4-5,7-10,13H2,1-2H3,(H2,23,29)(H,24,28). The van der Waals surface area contributed by atoms with E-state index in [2.05, 4.69) is 20.1 Å². The van der Waals surface area contributed by atoms with Crippen LogP contribution in [-0.2, 0) is 4.79 Å². The van der Waals surface area contributed by atoms with Gasteiger partial charge in [-0.1, -0.05) is 0 Å². The smallest absolute Gasteiger partial charge is 0.252 e. The number of pyridine rings is 1. The first-order valence-corrected chi connectivity index (χ1v) is 10.6. The fourth-order valence-electron chi connectivity index (χ4n) is 4.39. The number of amides is 2. The molecule has 0 spiro atoms. The second-order valence-corrected chi connectivity index (χ2v) is 8.27. The zero-order valence-electron chi connectivity index (χ0n) is 17.6. The Kier molecular flexibility index (Phi) is 5.76. The Labute approximate surface area is 176 Å². The molecule has 4 rings (SSSR count). The van der Waals surface area contributed by atoms with Gasteiger partial charge in [0.2, 0.25) is 5.91 Å². The monoisotopic (exact) mass is 411 g/mol. The molecule has 2 aliphatic rings. The number of benzene rings is 1. The van der Waals surface area contributed by atoms with Crippen LogP contribution in [0, 0.1) is 0 Å². The van der Waals surface area contributed by atoms with Crippen LogP contribution in [0.2, 0.25) is 0 Å². The van der Waals surface area contributed by atoms with Crippen LogP contribution >= 0.6 is 0 Å². The highest BCUT2D eigenvalue weighted by molar-refractivity contribution is 6.03. The summed E-state index contributed by atoms with van der Waals surface area (Å²) in [6.07, 6.45) is 3.67. The molecule has 2 amide bonds. The highest BCUT2D eigenvalue weighted by Crippen LogP contribution is 2.33. The predicted molar refractivity (Wildman–Crippen MR) is 116 cm³/mol. The Morgan fingerprint density at radius 3 is 2.70 bits per heavy atom. The molecule has 2 fully saturated rings. The first-order chi connectivity index (χ1) is 14.4. The predicted octanol–water partition coefficient (Wildman–Crippen LogP) is 1.52. The lowest BCUT2D eigenvalue weighted by atomic mass is 10.0. The minimum Gasteiger partial charge on any atom is -0.490 e. The van der Waals surface area contributed by atoms with Gasteiger partial charge in [-0.15, -0.1) is 0 Å². The van der Waals surface area contributed by atoms with E-state index in [4.69, 9.17) is 10.5 Å². The highest BCUT2D eigenvalue weighted by atomic mass is 16.5. The van der Waals surface area contributed by atoms with Crippen LogP contribution in [0.1, 0.15) is 37.0 Å². The molecule has 0 aliphatic carbocycles. The number of ether oxygens (including phenoxy) is 1. The summed E-state index contributed by atoms with van der Waals surface area (Å²) in [4.78, 5) is 32.9. The second kappa shape index (κ2) is 8.47. The highest BCUT2D eigenvalue weighted by Gasteiger charge is 2.29. The van der Waals surface area contributed by atoms with Crippen LogP contribution in [0.5, 0.6) is 5.75 Å². The Hall–Kier alpha value is -2.87. The van der Waals surface area contributed by atoms with Gasteiger partial charge in [0.1, 0.15) is 11.6 Å². The van der Waals surface area contributed by atoms with Crippen molar-refractivity contribution in [2.45, 2.75) is 38.8 Å². The molecule has 2 aliphatic heterocycles. The Bertz CT molecular complexity index is 953. The van der Waals surface area contributed by atoms with Crippen LogP contribution in [0.4, 0.5) is 5.82 Å². The number of rotatable bonds is 5. The third kappa shape index (κ3) is 4.18. The molecule has 0 saturated carbocycles. The molecule has 3 heterocycles. The molecule has 0 radical (unpaired) electrons. The van der Waals surface area contributed by atoms with Crippen molar-refractivity contribution in [1.82, 2.24) is 15.2 Å². The number of fused-ring (bicyclic) bond motifs is 1. The van der Waals surface area contributed by atoms with Crippen molar-refractivity contribution in [2.24, 2.45) is 5.73 Å². The van der Waals surface area contributed by atoms with E-state index in [0.717, 1.165) is 55.6 Å². The molecular formula is C22H29N5O3. The van der Waals surface area contributed by atoms with Gasteiger partial charge in [-0.3, -0.25) is 14.5 Å². The summed E-state index contributed by atoms with van der Waals surface area (Å²) < 4.78 is 5.87. The largest absolute Gasteiger partial charge is 0.490 e. The lowest BCUT2D eigenvalue weighted by Crippen LogP contribution is -2.54. The first-order valence-electron chi connectivity index (χ1n) is 10.6. The molecule has 0 atom stereocenters. The molecule has 2 saturated heterocycles. The van der Waals surface area contributed by atoms with Gasteiger partial charge in [-0.25, -0.2) is 4.98 Å². The lowest BCUT2D eigenvalue weighted by Gasteiger charge is -2.40. The quantitative estimate of drug-likeness (QED) is 0.774. The molecule has 0 bridgehead atoms. The molecule has 30 heavy (non-hydrogen) atoms. The van der Waals surface area contributed by atoms with E-state index in [-0.39, 0.29) is 12.0 Å². The van der Waals surface area contributed by atoms with E-state index in [0.29, 0.717) is 23.9 Å². The molecule has 2 aromatic rings. The number of nitrogens with two attached hydrogens (primary N) is 1. The van der Waals surface area contributed by atoms with Crippen molar-refractivity contribution in [3.05, 3.63) is 30.0 Å². The number of carbonyl (C=O) groups excluding carboxylic acids is 2. The van der Waals surface area contributed by atoms with E-state index in [9.17, 15) is 9.59 Å². The number of hydrogen-bond acceptors (Lipinski definition) is 6. The number of anilines is 1. The van der Waals surface area contributed by atoms with Gasteiger partial charge in [0.05, 0.1) is 18.2 Å². The van der Waals surface area contributed by atoms with Crippen LogP contribution < -0.4 is 20.7 Å². The van der Waals surface area contributed by atoms with Crippen molar-refractivity contribution in [2.75, 3.05) is 37.6 Å². The van der Waals surface area contributed by atoms with E-state index < -0.39 is 5.91 Å². The molecule has 160 valence electrons. The number of nitrogens with zero attached hydrogens (tertiary/aromatic N) is 3. The van der Waals surface area contributed by atoms with Gasteiger partial charge in [0.15, 0.2) is 0 Å². The van der Waals surface area contributed by atoms with Gasteiger partial charge in [0, 0.05) is 43.8 Å². The number of primary amides is 1. The number of aromatic nitrogens is 1. The van der Waals surface area contributed by atoms with Crippen LogP contribution in [-0.4, -0.2) is 66.6 Å². The summed E-state index contributed by atoms with van der Waals surface area (Å²) >= 11 is 0. The topological polar surface area (TPSA) is 101 Å². The van der Waals surface area contributed by atoms with Crippen molar-refractivity contribution in [3.63, 3.8) is 0 Å². The van der Waals surface area contributed by atoms with Gasteiger partial charge in [-0.05, 0) is 50.3 Å². The van der Waals surface area contributed by atoms with E-state index in [1.165, 1.54) is 0 Å². The minimum atomic E-state index is -0.503. The van der Waals surface area contributed by atoms with Crippen molar-refractivity contribution in [3.8, 4) is 5.75 Å². The summed E-state index contributed by atoms with van der Waals surface area (Å²) in [5.74, 6) is 1.00. The minimum absolute atomic E-state index is 0.0711. The second-order valence-electron chi connectivity index (χ2n) is 8.27. The van der Waals surface area contributed by atoms with E-state index in [1.54, 1.807) is 12.3 Å². The zero-order chi connectivity index (χ0) is 21.3. The Morgan fingerprint density at radius 1 is 1.27 bits per heavy atom. The van der Waals surface area contributed by atoms with E-state index >= 15 is 0 Å². The molecule has 1 aromatic heterocycles. The summed E-state index contributed by atoms with van der Waals surface area (Å²) in [6, 6.07) is 5.99. The number of carbonyl (C=O) groups is 2. The van der Waals surface area contributed by atoms with Gasteiger partial charge in [0.25, 0.3) is 5.91 Å². The molecule has 8 heteroatoms. The first kappa shape index (κ1) is 20.4. The van der Waals surface area contributed by atoms with Crippen molar-refractivity contribution >= 4 is 28.4 Å². The number of piperidine rings is 1. The van der Waals surface area contributed by atoms with Crippen LogP contribution in [0.3, 0.4) is 0 Å². The number of nitrogens with one attached hydrogen (secondary N) is 1. The van der Waals surface area contributed by atoms with Crippen molar-refractivity contribution < 1.29 is 14.3 Å². The average molecular weight is 412 g/mol. The molecule has 3 N–H and O–H groups in total. The van der Waals surface area contributed by atoms with Crippen LogP contribution in [0.15, 0.2) is 24.4 Å². The molecule has 1 aromatic carbocycles. The number of hydrogen-bond donors (Lipinski definition) is 2. The molecule has 0 unspecified atom stereocenters. The Balaban J connectivity index is 1.58. The maximum atomic E-state index is 11.9. The van der Waals surface area contributed by atoms with Gasteiger partial charge in [-0.2, -0.15) is 0 Å². The summed E-state index contributed by atoms with van der Waals surface area (Å²) in [7, 11) is 0. The summed E-state index contributed by atoms with van der Waals surface area (Å²) in [5.41, 5.74) is 5.96. The molecular weight excluding hydrogens is 382 g/mol. The third-order valence-corrected chi connectivity index (χ3v) is 5.82. The third-order valence-electron chi connectivity index (χ3n) is 5.82. The number of piperazine rings is 1. The SMILES string of the molecule is CC(C)Oc1cc2c(N3CCC(N4CCNC(=O)C4)CC3)nccc2cc1C(N)=O. The maximum Gasteiger partial charge on any atom is 0.252 e. The fourth-order valence-corrected chi connectivity index (χ4v) is 4.39. The van der Waals surface area contributed by atoms with Gasteiger partial charge >= 0.3 is 0 Å². The van der Waals surface area contributed by atoms with E-state index in [1.807, 2.05) is 26.0 Å². The van der Waals surface area contributed by atoms with Gasteiger partial charge < -0.3 is 20.7 Å².